The van der Waals surface area contributed by atoms with Crippen molar-refractivity contribution in [1.82, 2.24) is 19.9 Å². The molecule has 8 nitrogen and oxygen atoms in total. The van der Waals surface area contributed by atoms with Gasteiger partial charge in [-0.15, -0.1) is 11.8 Å². The number of piperazine rings is 1. The highest BCUT2D eigenvalue weighted by Crippen LogP contribution is 2.51. The summed E-state index contributed by atoms with van der Waals surface area (Å²) in [5, 5.41) is 3.82. The molecule has 14 heteroatoms. The zero-order valence-corrected chi connectivity index (χ0v) is 22.9. The van der Waals surface area contributed by atoms with Crippen LogP contribution in [0.15, 0.2) is 27.9 Å². The third-order valence-corrected chi connectivity index (χ3v) is 10.0. The fourth-order valence-corrected chi connectivity index (χ4v) is 8.38. The monoisotopic (exact) mass is 592 g/mol. The average Bonchev–Trinajstić information content (AvgIpc) is 3.47. The first-order valence-electron chi connectivity index (χ1n) is 12.8. The summed E-state index contributed by atoms with van der Waals surface area (Å²) in [5.74, 6) is -0.0544. The minimum absolute atomic E-state index is 0.0499. The van der Waals surface area contributed by atoms with Crippen LogP contribution in [0.3, 0.4) is 0 Å². The molecule has 0 radical (unpaired) electrons. The number of ether oxygens (including phenoxy) is 1. The zero-order valence-electron chi connectivity index (χ0n) is 21.2. The van der Waals surface area contributed by atoms with E-state index in [1.165, 1.54) is 29.5 Å². The summed E-state index contributed by atoms with van der Waals surface area (Å²) in [5.41, 5.74) is 4.85. The largest absolute Gasteiger partial charge is 0.417 e. The number of nitrogens with two attached hydrogens (primary N) is 1. The SMILES string of the molecule is COCC1CSc2c(-c3ccc(F)c4sc(N)nc34)c(C(F)(F)F)cc3c(N4CC5CCC(C4)N5)nc(=O)n1c23. The quantitative estimate of drug-likeness (QED) is 0.331. The van der Waals surface area contributed by atoms with Crippen LogP contribution in [0.4, 0.5) is 28.5 Å². The number of anilines is 2. The molecule has 0 amide bonds. The number of halogens is 4. The number of thiazole rings is 1. The van der Waals surface area contributed by atoms with E-state index in [1.807, 2.05) is 4.90 Å². The number of nitrogens with zero attached hydrogens (tertiary/aromatic N) is 4. The van der Waals surface area contributed by atoms with Gasteiger partial charge >= 0.3 is 11.9 Å². The van der Waals surface area contributed by atoms with Crippen molar-refractivity contribution in [3.05, 3.63) is 40.1 Å². The Hall–Kier alpha value is -2.94. The molecule has 2 fully saturated rings. The van der Waals surface area contributed by atoms with Gasteiger partial charge in [-0.05, 0) is 31.0 Å². The van der Waals surface area contributed by atoms with E-state index in [9.17, 15) is 22.4 Å². The molecule has 2 aromatic carbocycles. The summed E-state index contributed by atoms with van der Waals surface area (Å²) in [6, 6.07) is 3.48. The molecule has 7 rings (SSSR count). The summed E-state index contributed by atoms with van der Waals surface area (Å²) in [4.78, 5) is 24.4. The summed E-state index contributed by atoms with van der Waals surface area (Å²) in [7, 11) is 1.51. The lowest BCUT2D eigenvalue weighted by Gasteiger charge is -2.36. The van der Waals surface area contributed by atoms with E-state index in [-0.39, 0.29) is 61.3 Å². The summed E-state index contributed by atoms with van der Waals surface area (Å²) in [6.45, 7) is 1.29. The summed E-state index contributed by atoms with van der Waals surface area (Å²) in [6.07, 6.45) is -2.84. The van der Waals surface area contributed by atoms with Crippen LogP contribution < -0.4 is 21.6 Å². The van der Waals surface area contributed by atoms with E-state index in [0.717, 1.165) is 36.3 Å². The highest BCUT2D eigenvalue weighted by atomic mass is 32.2. The van der Waals surface area contributed by atoms with Gasteiger partial charge in [0, 0.05) is 59.4 Å². The standard InChI is InChI=1S/C26H24F4N6O2S2/c1-38-9-13-10-39-22-18(14-4-5-17(27)21-19(14)33-24(31)40-21)16(26(28,29)30)6-15-20(22)36(13)25(37)34-23(15)35-7-11-2-3-12(8-35)32-11/h4-6,11-13,32H,2-3,7-10H2,1H3,(H2,31,33). The Morgan fingerprint density at radius 1 is 1.20 bits per heavy atom. The lowest BCUT2D eigenvalue weighted by Crippen LogP contribution is -2.52. The van der Waals surface area contributed by atoms with Gasteiger partial charge in [0.15, 0.2) is 5.13 Å². The molecule has 4 aromatic rings. The first-order chi connectivity index (χ1) is 19.1. The molecule has 2 bridgehead atoms. The maximum Gasteiger partial charge on any atom is 0.417 e. The first kappa shape index (κ1) is 26.0. The van der Waals surface area contributed by atoms with Crippen molar-refractivity contribution in [2.75, 3.05) is 43.2 Å². The predicted molar refractivity (Wildman–Crippen MR) is 148 cm³/mol. The molecule has 3 unspecified atom stereocenters. The van der Waals surface area contributed by atoms with Crippen molar-refractivity contribution < 1.29 is 22.3 Å². The van der Waals surface area contributed by atoms with Gasteiger partial charge in [-0.2, -0.15) is 18.2 Å². The van der Waals surface area contributed by atoms with Crippen molar-refractivity contribution in [2.24, 2.45) is 0 Å². The van der Waals surface area contributed by atoms with Gasteiger partial charge in [-0.3, -0.25) is 4.57 Å². The molecule has 3 atom stereocenters. The van der Waals surface area contributed by atoms with Gasteiger partial charge < -0.3 is 20.7 Å². The average molecular weight is 593 g/mol. The van der Waals surface area contributed by atoms with Crippen molar-refractivity contribution >= 4 is 55.2 Å². The van der Waals surface area contributed by atoms with Gasteiger partial charge in [0.2, 0.25) is 0 Å². The van der Waals surface area contributed by atoms with E-state index >= 15 is 0 Å². The van der Waals surface area contributed by atoms with Gasteiger partial charge in [0.05, 0.1) is 33.9 Å². The number of hydrogen-bond donors (Lipinski definition) is 2. The number of nitrogens with one attached hydrogen (secondary N) is 1. The number of benzene rings is 2. The number of rotatable bonds is 4. The molecular formula is C26H24F4N6O2S2. The maximum atomic E-state index is 14.9. The van der Waals surface area contributed by atoms with Crippen LogP contribution in [0.1, 0.15) is 24.4 Å². The Balaban J connectivity index is 1.59. The molecule has 3 N–H and O–H groups in total. The van der Waals surface area contributed by atoms with E-state index in [0.29, 0.717) is 24.4 Å². The number of hydrogen-bond acceptors (Lipinski definition) is 9. The van der Waals surface area contributed by atoms with E-state index in [4.69, 9.17) is 10.5 Å². The Morgan fingerprint density at radius 2 is 1.95 bits per heavy atom. The van der Waals surface area contributed by atoms with Gasteiger partial charge in [-0.25, -0.2) is 14.2 Å². The molecule has 210 valence electrons. The number of fused-ring (bicyclic) bond motifs is 3. The van der Waals surface area contributed by atoms with Crippen LogP contribution in [-0.4, -0.2) is 59.2 Å². The Labute approximate surface area is 233 Å². The van der Waals surface area contributed by atoms with Crippen LogP contribution in [0.25, 0.3) is 32.2 Å². The smallest absolute Gasteiger partial charge is 0.383 e. The van der Waals surface area contributed by atoms with E-state index in [2.05, 4.69) is 15.3 Å². The van der Waals surface area contributed by atoms with Crippen LogP contribution >= 0.6 is 23.1 Å². The third kappa shape index (κ3) is 3.98. The number of nitrogen functional groups attached to an aromatic ring is 1. The topological polar surface area (TPSA) is 98.3 Å². The van der Waals surface area contributed by atoms with Crippen LogP contribution in [0.5, 0.6) is 0 Å². The molecule has 3 aliphatic rings. The predicted octanol–water partition coefficient (Wildman–Crippen LogP) is 4.65. The first-order valence-corrected chi connectivity index (χ1v) is 14.6. The lowest BCUT2D eigenvalue weighted by atomic mass is 9.95. The van der Waals surface area contributed by atoms with Crippen LogP contribution in [0, 0.1) is 5.82 Å². The Bertz CT molecular complexity index is 1730. The van der Waals surface area contributed by atoms with Gasteiger partial charge in [0.1, 0.15) is 11.6 Å². The van der Waals surface area contributed by atoms with Crippen LogP contribution in [-0.2, 0) is 10.9 Å². The minimum Gasteiger partial charge on any atom is -0.383 e. The highest BCUT2D eigenvalue weighted by molar-refractivity contribution is 7.99. The fraction of sp³-hybridized carbons (Fsp3) is 0.423. The summed E-state index contributed by atoms with van der Waals surface area (Å²) < 4.78 is 66.3. The number of methoxy groups -OCH3 is 1. The number of thioether (sulfide) groups is 1. The molecule has 0 saturated carbocycles. The van der Waals surface area contributed by atoms with Gasteiger partial charge in [0.25, 0.3) is 0 Å². The third-order valence-electron chi connectivity index (χ3n) is 7.89. The van der Waals surface area contributed by atoms with Crippen molar-refractivity contribution in [3.63, 3.8) is 0 Å². The van der Waals surface area contributed by atoms with Crippen molar-refractivity contribution in [1.29, 1.82) is 0 Å². The molecule has 0 aliphatic carbocycles. The number of alkyl halides is 3. The second kappa shape index (κ2) is 9.29. The lowest BCUT2D eigenvalue weighted by molar-refractivity contribution is -0.137. The normalized spacial score (nSPS) is 22.5. The summed E-state index contributed by atoms with van der Waals surface area (Å²) >= 11 is 2.11. The molecule has 3 aliphatic heterocycles. The number of aromatic nitrogens is 3. The molecule has 0 spiro atoms. The molecule has 40 heavy (non-hydrogen) atoms. The Morgan fingerprint density at radius 3 is 2.65 bits per heavy atom. The minimum atomic E-state index is -4.76. The fourth-order valence-electron chi connectivity index (χ4n) is 6.30. The van der Waals surface area contributed by atoms with E-state index < -0.39 is 29.3 Å². The van der Waals surface area contributed by atoms with Crippen molar-refractivity contribution in [2.45, 2.75) is 42.0 Å². The molecular weight excluding hydrogens is 568 g/mol. The van der Waals surface area contributed by atoms with E-state index in [1.54, 1.807) is 0 Å². The molecule has 2 saturated heterocycles. The van der Waals surface area contributed by atoms with Crippen molar-refractivity contribution in [3.8, 4) is 11.1 Å². The van der Waals surface area contributed by atoms with Crippen LogP contribution in [0.2, 0.25) is 0 Å². The second-order valence-electron chi connectivity index (χ2n) is 10.4. The molecule has 5 heterocycles. The van der Waals surface area contributed by atoms with Gasteiger partial charge in [-0.1, -0.05) is 11.3 Å². The maximum absolute atomic E-state index is 14.9. The Kier molecular flexibility index (Phi) is 6.04. The highest BCUT2D eigenvalue weighted by Gasteiger charge is 2.41. The molecule has 2 aromatic heterocycles. The zero-order chi connectivity index (χ0) is 27.9. The second-order valence-corrected chi connectivity index (χ2v) is 12.5.